The Balaban J connectivity index is 1.10. The zero-order chi connectivity index (χ0) is 46.1. The van der Waals surface area contributed by atoms with Crippen LogP contribution in [0.2, 0.25) is 0 Å². The van der Waals surface area contributed by atoms with Gasteiger partial charge in [-0.25, -0.2) is 0 Å². The summed E-state index contributed by atoms with van der Waals surface area (Å²) in [5.74, 6) is 0. The standard InChI is InChI=1S/C64H70/c1-59(2,3)45-27-29-49-53(35-45)63(13,14)55-37-47(61(7,8)9)33-51(57(49)55)43-21-17-19-41(31-43)39-23-25-40(26-24-39)42-20-18-22-44(32-42)52-34-48(62(10,11)12)38-56-58(52)50-30-28-46(60(4,5)6)36-54(50)64(56,15)16/h17-38H,1-16H3. The van der Waals surface area contributed by atoms with Crippen molar-refractivity contribution in [2.24, 2.45) is 0 Å². The summed E-state index contributed by atoms with van der Waals surface area (Å²) >= 11 is 0. The summed E-state index contributed by atoms with van der Waals surface area (Å²) in [6.07, 6.45) is 0. The minimum Gasteiger partial charge on any atom is -0.0610 e. The Kier molecular flexibility index (Phi) is 9.93. The SMILES string of the molecule is CC(C)(C)c1ccc2c(c1)C(C)(C)c1cc(C(C)(C)C)cc(-c3cccc(-c4ccc(-c5cccc(-c6cc(C(C)(C)C)cc7c6-c6ccc(C(C)(C)C)cc6C7(C)C)c5)cc4)c3)c1-2. The van der Waals surface area contributed by atoms with E-state index in [0.29, 0.717) is 0 Å². The second-order valence-electron chi connectivity index (χ2n) is 24.4. The Bertz CT molecular complexity index is 2780. The van der Waals surface area contributed by atoms with Crippen LogP contribution in [0.25, 0.3) is 66.8 Å². The third-order valence-corrected chi connectivity index (χ3v) is 14.9. The number of fused-ring (bicyclic) bond motifs is 6. The van der Waals surface area contributed by atoms with E-state index >= 15 is 0 Å². The third kappa shape index (κ3) is 7.30. The highest BCUT2D eigenvalue weighted by Crippen LogP contribution is 2.56. The lowest BCUT2D eigenvalue weighted by atomic mass is 9.76. The Morgan fingerprint density at radius 3 is 0.906 bits per heavy atom. The van der Waals surface area contributed by atoms with E-state index in [9.17, 15) is 0 Å². The average Bonchev–Trinajstić information content (AvgIpc) is 3.60. The van der Waals surface area contributed by atoms with Crippen molar-refractivity contribution in [1.29, 1.82) is 0 Å². The molecule has 2 aliphatic rings. The van der Waals surface area contributed by atoms with Gasteiger partial charge in [0.1, 0.15) is 0 Å². The molecule has 326 valence electrons. The first-order chi connectivity index (χ1) is 29.7. The molecule has 0 radical (unpaired) electrons. The summed E-state index contributed by atoms with van der Waals surface area (Å²) in [7, 11) is 0. The van der Waals surface area contributed by atoms with Gasteiger partial charge in [0.2, 0.25) is 0 Å². The molecule has 0 nitrogen and oxygen atoms in total. The van der Waals surface area contributed by atoms with Crippen molar-refractivity contribution >= 4 is 0 Å². The fourth-order valence-corrected chi connectivity index (χ4v) is 10.5. The molecular formula is C64H70. The Labute approximate surface area is 386 Å². The smallest absolute Gasteiger partial charge is 0.0159 e. The van der Waals surface area contributed by atoms with E-state index in [1.807, 2.05) is 0 Å². The largest absolute Gasteiger partial charge is 0.0610 e. The number of benzene rings is 7. The van der Waals surface area contributed by atoms with Crippen LogP contribution >= 0.6 is 0 Å². The van der Waals surface area contributed by atoms with Crippen LogP contribution in [-0.2, 0) is 32.5 Å². The van der Waals surface area contributed by atoms with E-state index in [0.717, 1.165) is 0 Å². The van der Waals surface area contributed by atoms with Gasteiger partial charge in [-0.3, -0.25) is 0 Å². The molecule has 0 spiro atoms. The summed E-state index contributed by atoms with van der Waals surface area (Å²) in [5, 5.41) is 0. The molecule has 9 rings (SSSR count). The van der Waals surface area contributed by atoms with Gasteiger partial charge in [0.15, 0.2) is 0 Å². The lowest BCUT2D eigenvalue weighted by molar-refractivity contribution is 0.579. The van der Waals surface area contributed by atoms with Gasteiger partial charge in [-0.2, -0.15) is 0 Å². The molecule has 0 saturated heterocycles. The molecule has 0 N–H and O–H groups in total. The second kappa shape index (κ2) is 14.5. The fraction of sp³-hybridized carbons (Fsp3) is 0.344. The molecule has 0 aromatic heterocycles. The topological polar surface area (TPSA) is 0 Å². The van der Waals surface area contributed by atoms with Gasteiger partial charge in [0.05, 0.1) is 0 Å². The molecule has 0 bridgehead atoms. The molecule has 0 heteroatoms. The van der Waals surface area contributed by atoms with Gasteiger partial charge in [0.25, 0.3) is 0 Å². The molecular weight excluding hydrogens is 769 g/mol. The first kappa shape index (κ1) is 43.8. The predicted molar refractivity (Wildman–Crippen MR) is 278 cm³/mol. The van der Waals surface area contributed by atoms with Crippen LogP contribution in [0.15, 0.2) is 133 Å². The van der Waals surface area contributed by atoms with Gasteiger partial charge in [-0.05, 0) is 157 Å². The summed E-state index contributed by atoms with van der Waals surface area (Å²) in [6.45, 7) is 37.7. The minimum atomic E-state index is -0.0979. The summed E-state index contributed by atoms with van der Waals surface area (Å²) in [5.41, 5.74) is 27.0. The second-order valence-corrected chi connectivity index (χ2v) is 24.4. The monoisotopic (exact) mass is 839 g/mol. The molecule has 0 atom stereocenters. The van der Waals surface area contributed by atoms with Crippen molar-refractivity contribution in [3.63, 3.8) is 0 Å². The highest BCUT2D eigenvalue weighted by atomic mass is 14.4. The molecule has 7 aromatic carbocycles. The van der Waals surface area contributed by atoms with Crippen LogP contribution in [0.3, 0.4) is 0 Å². The lowest BCUT2D eigenvalue weighted by Gasteiger charge is -2.27. The van der Waals surface area contributed by atoms with Crippen LogP contribution in [0.4, 0.5) is 0 Å². The van der Waals surface area contributed by atoms with Crippen molar-refractivity contribution in [1.82, 2.24) is 0 Å². The Morgan fingerprint density at radius 1 is 0.266 bits per heavy atom. The lowest BCUT2D eigenvalue weighted by Crippen LogP contribution is -2.19. The first-order valence-corrected chi connectivity index (χ1v) is 23.7. The summed E-state index contributed by atoms with van der Waals surface area (Å²) in [6, 6.07) is 52.2. The van der Waals surface area contributed by atoms with E-state index in [4.69, 9.17) is 0 Å². The quantitative estimate of drug-likeness (QED) is 0.166. The third-order valence-electron chi connectivity index (χ3n) is 14.9. The van der Waals surface area contributed by atoms with E-state index < -0.39 is 0 Å². The molecule has 2 aliphatic carbocycles. The van der Waals surface area contributed by atoms with Crippen LogP contribution in [0.5, 0.6) is 0 Å². The molecule has 64 heavy (non-hydrogen) atoms. The van der Waals surface area contributed by atoms with Gasteiger partial charge < -0.3 is 0 Å². The average molecular weight is 839 g/mol. The Hall–Kier alpha value is -5.46. The van der Waals surface area contributed by atoms with E-state index in [-0.39, 0.29) is 32.5 Å². The Morgan fingerprint density at radius 2 is 0.578 bits per heavy atom. The van der Waals surface area contributed by atoms with Crippen molar-refractivity contribution in [2.45, 2.75) is 143 Å². The molecule has 0 unspecified atom stereocenters. The van der Waals surface area contributed by atoms with Gasteiger partial charge in [-0.15, -0.1) is 0 Å². The van der Waals surface area contributed by atoms with Crippen molar-refractivity contribution in [3.05, 3.63) is 178 Å². The highest BCUT2D eigenvalue weighted by molar-refractivity contribution is 5.96. The molecule has 0 amide bonds. The maximum Gasteiger partial charge on any atom is 0.0159 e. The normalized spacial score (nSPS) is 15.1. The zero-order valence-electron chi connectivity index (χ0n) is 41.7. The fourth-order valence-electron chi connectivity index (χ4n) is 10.5. The number of hydrogen-bond donors (Lipinski definition) is 0. The van der Waals surface area contributed by atoms with E-state index in [1.54, 1.807) is 0 Å². The molecule has 0 saturated carbocycles. The van der Waals surface area contributed by atoms with Crippen LogP contribution < -0.4 is 0 Å². The van der Waals surface area contributed by atoms with Crippen LogP contribution in [0.1, 0.15) is 155 Å². The minimum absolute atomic E-state index is 0.0165. The zero-order valence-corrected chi connectivity index (χ0v) is 41.7. The van der Waals surface area contributed by atoms with Gasteiger partial charge in [-0.1, -0.05) is 220 Å². The van der Waals surface area contributed by atoms with Crippen molar-refractivity contribution < 1.29 is 0 Å². The van der Waals surface area contributed by atoms with E-state index in [1.165, 1.54) is 111 Å². The molecule has 7 aromatic rings. The van der Waals surface area contributed by atoms with Crippen LogP contribution in [-0.4, -0.2) is 0 Å². The maximum absolute atomic E-state index is 2.50. The van der Waals surface area contributed by atoms with Gasteiger partial charge >= 0.3 is 0 Å². The maximum atomic E-state index is 2.50. The van der Waals surface area contributed by atoms with E-state index in [2.05, 4.69) is 244 Å². The van der Waals surface area contributed by atoms with Crippen molar-refractivity contribution in [3.8, 4) is 66.8 Å². The highest BCUT2D eigenvalue weighted by Gasteiger charge is 2.41. The first-order valence-electron chi connectivity index (χ1n) is 23.7. The summed E-state index contributed by atoms with van der Waals surface area (Å²) < 4.78 is 0. The number of rotatable bonds is 4. The van der Waals surface area contributed by atoms with Gasteiger partial charge in [0, 0.05) is 10.8 Å². The van der Waals surface area contributed by atoms with Crippen LogP contribution in [0, 0.1) is 0 Å². The summed E-state index contributed by atoms with van der Waals surface area (Å²) in [4.78, 5) is 0. The van der Waals surface area contributed by atoms with Crippen molar-refractivity contribution in [2.75, 3.05) is 0 Å². The molecule has 0 fully saturated rings. The molecule has 0 aliphatic heterocycles. The molecule has 0 heterocycles. The number of hydrogen-bond acceptors (Lipinski definition) is 0. The predicted octanol–water partition coefficient (Wildman–Crippen LogP) is 18.2.